The second-order valence-electron chi connectivity index (χ2n) is 5.10. The van der Waals surface area contributed by atoms with E-state index in [0.717, 1.165) is 0 Å². The lowest BCUT2D eigenvalue weighted by molar-refractivity contribution is -0.142. The Morgan fingerprint density at radius 2 is 2.10 bits per heavy atom. The molecule has 1 saturated heterocycles. The normalized spacial score (nSPS) is 21.1. The number of benzene rings is 1. The van der Waals surface area contributed by atoms with Crippen LogP contribution in [0.5, 0.6) is 5.75 Å². The summed E-state index contributed by atoms with van der Waals surface area (Å²) in [5.74, 6) is -0.791. The lowest BCUT2D eigenvalue weighted by atomic mass is 10.0. The summed E-state index contributed by atoms with van der Waals surface area (Å²) >= 11 is 0. The van der Waals surface area contributed by atoms with Crippen LogP contribution >= 0.6 is 0 Å². The van der Waals surface area contributed by atoms with Crippen molar-refractivity contribution in [3.05, 3.63) is 42.5 Å². The summed E-state index contributed by atoms with van der Waals surface area (Å²) < 4.78 is 5.36. The Morgan fingerprint density at radius 3 is 2.62 bits per heavy atom. The van der Waals surface area contributed by atoms with E-state index in [1.54, 1.807) is 42.2 Å². The average molecular weight is 289 g/mol. The Hall–Kier alpha value is -2.30. The molecule has 0 aromatic heterocycles. The van der Waals surface area contributed by atoms with E-state index in [1.165, 1.54) is 0 Å². The summed E-state index contributed by atoms with van der Waals surface area (Å²) in [6, 6.07) is 6.56. The van der Waals surface area contributed by atoms with Crippen LogP contribution < -0.4 is 4.74 Å². The van der Waals surface area contributed by atoms with Gasteiger partial charge in [-0.15, -0.1) is 0 Å². The van der Waals surface area contributed by atoms with Crippen LogP contribution in [0.3, 0.4) is 0 Å². The van der Waals surface area contributed by atoms with Gasteiger partial charge < -0.3 is 14.7 Å². The first-order chi connectivity index (χ1) is 10.0. The van der Waals surface area contributed by atoms with Crippen molar-refractivity contribution in [1.82, 2.24) is 4.90 Å². The second-order valence-corrected chi connectivity index (χ2v) is 5.10. The quantitative estimate of drug-likeness (QED) is 0.844. The van der Waals surface area contributed by atoms with E-state index in [0.29, 0.717) is 30.9 Å². The smallest absolute Gasteiger partial charge is 0.308 e. The lowest BCUT2D eigenvalue weighted by Crippen LogP contribution is -2.37. The number of nitrogens with zero attached hydrogens (tertiary/aromatic N) is 1. The molecule has 0 saturated carbocycles. The van der Waals surface area contributed by atoms with Crippen LogP contribution in [0.4, 0.5) is 0 Å². The van der Waals surface area contributed by atoms with Crippen molar-refractivity contribution in [3.8, 4) is 5.75 Å². The van der Waals surface area contributed by atoms with Gasteiger partial charge in [0, 0.05) is 18.2 Å². The molecule has 21 heavy (non-hydrogen) atoms. The number of ether oxygens (including phenoxy) is 1. The number of hydrogen-bond acceptors (Lipinski definition) is 3. The summed E-state index contributed by atoms with van der Waals surface area (Å²) in [5, 5.41) is 9.11. The summed E-state index contributed by atoms with van der Waals surface area (Å²) in [4.78, 5) is 25.1. The van der Waals surface area contributed by atoms with E-state index >= 15 is 0 Å². The molecule has 1 aliphatic rings. The van der Waals surface area contributed by atoms with Crippen molar-refractivity contribution in [2.45, 2.75) is 19.4 Å². The molecule has 1 aliphatic heterocycles. The number of carbonyl (C=O) groups excluding carboxylic acids is 1. The molecule has 1 fully saturated rings. The van der Waals surface area contributed by atoms with Crippen LogP contribution in [0.2, 0.25) is 0 Å². The van der Waals surface area contributed by atoms with E-state index in [4.69, 9.17) is 9.84 Å². The number of carbonyl (C=O) groups is 2. The number of hydrogen-bond donors (Lipinski definition) is 1. The number of rotatable bonds is 5. The first kappa shape index (κ1) is 15.1. The molecule has 5 nitrogen and oxygen atoms in total. The molecule has 1 heterocycles. The summed E-state index contributed by atoms with van der Waals surface area (Å²) in [6.07, 6.45) is 2.15. The lowest BCUT2D eigenvalue weighted by Gasteiger charge is -2.23. The monoisotopic (exact) mass is 289 g/mol. The van der Waals surface area contributed by atoms with Gasteiger partial charge in [-0.1, -0.05) is 12.7 Å². The van der Waals surface area contributed by atoms with Crippen molar-refractivity contribution in [1.29, 1.82) is 0 Å². The number of carboxylic acid groups (broad SMARTS) is 1. The first-order valence-corrected chi connectivity index (χ1v) is 6.92. The molecule has 5 heteroatoms. The number of amides is 1. The highest BCUT2D eigenvalue weighted by atomic mass is 16.5. The van der Waals surface area contributed by atoms with Crippen LogP contribution in [0.25, 0.3) is 0 Å². The molecule has 2 unspecified atom stereocenters. The predicted octanol–water partition coefficient (Wildman–Crippen LogP) is 2.19. The molecule has 1 aromatic rings. The van der Waals surface area contributed by atoms with Crippen LogP contribution in [0.15, 0.2) is 36.9 Å². The Balaban J connectivity index is 2.06. The van der Waals surface area contributed by atoms with E-state index in [-0.39, 0.29) is 11.9 Å². The van der Waals surface area contributed by atoms with Crippen molar-refractivity contribution >= 4 is 11.9 Å². The molecule has 1 N–H and O–H groups in total. The van der Waals surface area contributed by atoms with Gasteiger partial charge in [-0.25, -0.2) is 0 Å². The van der Waals surface area contributed by atoms with Crippen LogP contribution in [0.1, 0.15) is 23.7 Å². The minimum Gasteiger partial charge on any atom is -0.490 e. The van der Waals surface area contributed by atoms with E-state index in [1.807, 2.05) is 0 Å². The van der Waals surface area contributed by atoms with Gasteiger partial charge in [-0.05, 0) is 37.6 Å². The largest absolute Gasteiger partial charge is 0.490 e. The maximum Gasteiger partial charge on any atom is 0.308 e. The fourth-order valence-corrected chi connectivity index (χ4v) is 2.57. The molecule has 2 rings (SSSR count). The second kappa shape index (κ2) is 6.43. The fraction of sp³-hybridized carbons (Fsp3) is 0.375. The van der Waals surface area contributed by atoms with Crippen molar-refractivity contribution in [3.63, 3.8) is 0 Å². The maximum absolute atomic E-state index is 12.4. The molecule has 0 spiro atoms. The van der Waals surface area contributed by atoms with Gasteiger partial charge in [0.2, 0.25) is 0 Å². The number of carboxylic acids is 1. The van der Waals surface area contributed by atoms with Gasteiger partial charge in [0.05, 0.1) is 5.92 Å². The van der Waals surface area contributed by atoms with Crippen molar-refractivity contribution < 1.29 is 19.4 Å². The topological polar surface area (TPSA) is 66.8 Å². The highest BCUT2D eigenvalue weighted by Gasteiger charge is 2.38. The molecule has 0 bridgehead atoms. The zero-order valence-electron chi connectivity index (χ0n) is 12.0. The summed E-state index contributed by atoms with van der Waals surface area (Å²) in [5.41, 5.74) is 0.541. The standard InChI is InChI=1S/C16H19NO4/c1-3-10-21-13-6-4-12(5-7-13)15(18)17-9-8-14(11(17)2)16(19)20/h3-7,11,14H,1,8-10H2,2H3,(H,19,20). The molecule has 1 amide bonds. The van der Waals surface area contributed by atoms with Crippen molar-refractivity contribution in [2.75, 3.05) is 13.2 Å². The highest BCUT2D eigenvalue weighted by Crippen LogP contribution is 2.26. The third-order valence-electron chi connectivity index (χ3n) is 3.80. The van der Waals surface area contributed by atoms with Crippen LogP contribution in [-0.4, -0.2) is 41.1 Å². The summed E-state index contributed by atoms with van der Waals surface area (Å²) in [7, 11) is 0. The van der Waals surface area contributed by atoms with Crippen molar-refractivity contribution in [2.24, 2.45) is 5.92 Å². The van der Waals surface area contributed by atoms with Gasteiger partial charge in [0.25, 0.3) is 5.91 Å². The van der Waals surface area contributed by atoms with E-state index in [2.05, 4.69) is 6.58 Å². The zero-order chi connectivity index (χ0) is 15.4. The Bertz CT molecular complexity index is 538. The van der Waals surface area contributed by atoms with E-state index in [9.17, 15) is 9.59 Å². The number of likely N-dealkylation sites (tertiary alicyclic amines) is 1. The maximum atomic E-state index is 12.4. The number of aliphatic carboxylic acids is 1. The van der Waals surface area contributed by atoms with Gasteiger partial charge in [-0.3, -0.25) is 9.59 Å². The molecule has 1 aromatic carbocycles. The predicted molar refractivity (Wildman–Crippen MR) is 78.4 cm³/mol. The van der Waals surface area contributed by atoms with Gasteiger partial charge >= 0.3 is 5.97 Å². The molecule has 2 atom stereocenters. The summed E-state index contributed by atoms with van der Waals surface area (Å²) in [6.45, 7) is 6.24. The Labute approximate surface area is 123 Å². The zero-order valence-corrected chi connectivity index (χ0v) is 12.0. The Kier molecular flexibility index (Phi) is 4.62. The Morgan fingerprint density at radius 1 is 1.43 bits per heavy atom. The third-order valence-corrected chi connectivity index (χ3v) is 3.80. The van der Waals surface area contributed by atoms with Gasteiger partial charge in [0.15, 0.2) is 0 Å². The van der Waals surface area contributed by atoms with Crippen LogP contribution in [0, 0.1) is 5.92 Å². The SMILES string of the molecule is C=CCOc1ccc(C(=O)N2CCC(C(=O)O)C2C)cc1. The first-order valence-electron chi connectivity index (χ1n) is 6.92. The molecular formula is C16H19NO4. The van der Waals surface area contributed by atoms with Gasteiger partial charge in [0.1, 0.15) is 12.4 Å². The molecule has 0 radical (unpaired) electrons. The third kappa shape index (κ3) is 3.24. The van der Waals surface area contributed by atoms with Gasteiger partial charge in [-0.2, -0.15) is 0 Å². The minimum atomic E-state index is -0.842. The fourth-order valence-electron chi connectivity index (χ4n) is 2.57. The van der Waals surface area contributed by atoms with E-state index < -0.39 is 11.9 Å². The van der Waals surface area contributed by atoms with Crippen LogP contribution in [-0.2, 0) is 4.79 Å². The average Bonchev–Trinajstić information content (AvgIpc) is 2.87. The highest BCUT2D eigenvalue weighted by molar-refractivity contribution is 5.95. The molecular weight excluding hydrogens is 270 g/mol. The molecule has 0 aliphatic carbocycles. The molecule has 112 valence electrons. The minimum absolute atomic E-state index is 0.137.